The van der Waals surface area contributed by atoms with Crippen LogP contribution in [-0.2, 0) is 0 Å². The van der Waals surface area contributed by atoms with Crippen LogP contribution in [0.3, 0.4) is 0 Å². The lowest BCUT2D eigenvalue weighted by atomic mass is 9.58. The Morgan fingerprint density at radius 1 is 1.27 bits per heavy atom. The fourth-order valence-electron chi connectivity index (χ4n) is 3.76. The van der Waals surface area contributed by atoms with E-state index in [4.69, 9.17) is 0 Å². The maximum atomic E-state index is 4.31. The van der Waals surface area contributed by atoms with E-state index in [9.17, 15) is 0 Å². The maximum Gasteiger partial charge on any atom is -0.00595 e. The molecule has 0 amide bonds. The van der Waals surface area contributed by atoms with Crippen LogP contribution in [0.15, 0.2) is 12.2 Å². The molecule has 0 aromatic carbocycles. The van der Waals surface area contributed by atoms with Crippen LogP contribution in [0.5, 0.6) is 0 Å². The summed E-state index contributed by atoms with van der Waals surface area (Å²) >= 11 is 0. The Morgan fingerprint density at radius 2 is 2.09 bits per heavy atom. The molecule has 0 heteroatoms. The van der Waals surface area contributed by atoms with Gasteiger partial charge in [-0.25, -0.2) is 0 Å². The molecule has 0 heterocycles. The van der Waals surface area contributed by atoms with Crippen molar-refractivity contribution in [2.75, 3.05) is 0 Å². The highest BCUT2D eigenvalue weighted by atomic mass is 14.6. The minimum Gasteiger partial charge on any atom is -0.0990 e. The smallest absolute Gasteiger partial charge is 0.00595 e. The first kappa shape index (κ1) is 6.28. The lowest BCUT2D eigenvalue weighted by Gasteiger charge is -2.47. The van der Waals surface area contributed by atoms with Gasteiger partial charge >= 0.3 is 0 Å². The minimum atomic E-state index is 0.697. The highest BCUT2D eigenvalue weighted by molar-refractivity contribution is 5.27. The molecule has 3 rings (SSSR count). The van der Waals surface area contributed by atoms with Gasteiger partial charge in [-0.1, -0.05) is 18.6 Å². The average Bonchev–Trinajstić information content (AvgIpc) is 2.41. The Bertz CT molecular complexity index is 210. The highest BCUT2D eigenvalue weighted by Gasteiger charge is 2.56. The molecule has 3 aliphatic carbocycles. The van der Waals surface area contributed by atoms with E-state index < -0.39 is 0 Å². The molecule has 0 aromatic rings. The normalized spacial score (nSPS) is 44.9. The number of hydrogen-bond acceptors (Lipinski definition) is 0. The Hall–Kier alpha value is -0.260. The number of hydrogen-bond donors (Lipinski definition) is 0. The Labute approximate surface area is 68.7 Å². The molecule has 2 unspecified atom stereocenters. The second-order valence-electron chi connectivity index (χ2n) is 4.74. The van der Waals surface area contributed by atoms with E-state index in [1.54, 1.807) is 5.57 Å². The van der Waals surface area contributed by atoms with E-state index in [1.807, 2.05) is 0 Å². The monoisotopic (exact) mass is 148 g/mol. The van der Waals surface area contributed by atoms with E-state index in [0.29, 0.717) is 5.41 Å². The van der Waals surface area contributed by atoms with E-state index in [-0.39, 0.29) is 0 Å². The third kappa shape index (κ3) is 0.544. The van der Waals surface area contributed by atoms with E-state index >= 15 is 0 Å². The zero-order chi connectivity index (χ0) is 7.47. The second kappa shape index (κ2) is 1.73. The Balaban J connectivity index is 2.00. The number of rotatable bonds is 0. The van der Waals surface area contributed by atoms with Crippen molar-refractivity contribution in [3.8, 4) is 0 Å². The van der Waals surface area contributed by atoms with Crippen LogP contribution in [0.4, 0.5) is 0 Å². The molecule has 11 heavy (non-hydrogen) atoms. The zero-order valence-electron chi connectivity index (χ0n) is 7.10. The summed E-state index contributed by atoms with van der Waals surface area (Å²) in [5.41, 5.74) is 2.35. The van der Waals surface area contributed by atoms with Crippen molar-refractivity contribution in [1.29, 1.82) is 0 Å². The molecule has 60 valence electrons. The first-order valence-corrected chi connectivity index (χ1v) is 5.02. The first-order valence-electron chi connectivity index (χ1n) is 5.02. The largest absolute Gasteiger partial charge is 0.0990 e. The van der Waals surface area contributed by atoms with Gasteiger partial charge in [0.1, 0.15) is 0 Å². The molecule has 0 radical (unpaired) electrons. The van der Waals surface area contributed by atoms with Gasteiger partial charge in [0.15, 0.2) is 0 Å². The molecule has 0 aromatic heterocycles. The summed E-state index contributed by atoms with van der Waals surface area (Å²) in [5.74, 6) is 2.01. The van der Waals surface area contributed by atoms with Crippen molar-refractivity contribution in [3.63, 3.8) is 0 Å². The van der Waals surface area contributed by atoms with Gasteiger partial charge in [-0.05, 0) is 49.4 Å². The third-order valence-electron chi connectivity index (χ3n) is 4.59. The molecular weight excluding hydrogens is 132 g/mol. The Kier molecular flexibility index (Phi) is 0.987. The van der Waals surface area contributed by atoms with Gasteiger partial charge in [-0.3, -0.25) is 0 Å². The van der Waals surface area contributed by atoms with Gasteiger partial charge in [-0.2, -0.15) is 0 Å². The summed E-state index contributed by atoms with van der Waals surface area (Å²) in [6.07, 6.45) is 8.91. The molecule has 3 aliphatic rings. The summed E-state index contributed by atoms with van der Waals surface area (Å²) in [5, 5.41) is 0. The topological polar surface area (TPSA) is 0 Å². The zero-order valence-corrected chi connectivity index (χ0v) is 7.10. The molecule has 0 N–H and O–H groups in total. The van der Waals surface area contributed by atoms with E-state index in [1.165, 1.54) is 38.5 Å². The van der Waals surface area contributed by atoms with Crippen molar-refractivity contribution >= 4 is 0 Å². The molecule has 3 fully saturated rings. The quantitative estimate of drug-likeness (QED) is 0.463. The summed E-state index contributed by atoms with van der Waals surface area (Å²) in [7, 11) is 0. The summed E-state index contributed by atoms with van der Waals surface area (Å²) < 4.78 is 0. The summed E-state index contributed by atoms with van der Waals surface area (Å²) in [4.78, 5) is 0. The SMILES string of the molecule is C=C1C2CCC(C2)C12CCC2. The number of allylic oxidation sites excluding steroid dienone is 1. The van der Waals surface area contributed by atoms with Crippen molar-refractivity contribution in [2.24, 2.45) is 17.3 Å². The fraction of sp³-hybridized carbons (Fsp3) is 0.818. The molecule has 1 spiro atoms. The summed E-state index contributed by atoms with van der Waals surface area (Å²) in [6.45, 7) is 4.31. The van der Waals surface area contributed by atoms with E-state index in [0.717, 1.165) is 11.8 Å². The standard InChI is InChI=1S/C11H16/c1-8-9-3-4-10(7-9)11(8)5-2-6-11/h9-10H,1-7H2. The third-order valence-corrected chi connectivity index (χ3v) is 4.59. The summed E-state index contributed by atoms with van der Waals surface area (Å²) in [6, 6.07) is 0. The van der Waals surface area contributed by atoms with Crippen molar-refractivity contribution in [3.05, 3.63) is 12.2 Å². The van der Waals surface area contributed by atoms with Gasteiger partial charge in [0.25, 0.3) is 0 Å². The van der Waals surface area contributed by atoms with Gasteiger partial charge in [-0.15, -0.1) is 0 Å². The molecule has 3 saturated carbocycles. The first-order chi connectivity index (χ1) is 5.33. The van der Waals surface area contributed by atoms with Crippen LogP contribution in [-0.4, -0.2) is 0 Å². The second-order valence-corrected chi connectivity index (χ2v) is 4.74. The molecule has 2 bridgehead atoms. The molecule has 0 aliphatic heterocycles. The molecular formula is C11H16. The van der Waals surface area contributed by atoms with Gasteiger partial charge in [0.2, 0.25) is 0 Å². The van der Waals surface area contributed by atoms with Crippen molar-refractivity contribution < 1.29 is 0 Å². The van der Waals surface area contributed by atoms with Gasteiger partial charge in [0, 0.05) is 0 Å². The van der Waals surface area contributed by atoms with E-state index in [2.05, 4.69) is 6.58 Å². The van der Waals surface area contributed by atoms with Crippen LogP contribution < -0.4 is 0 Å². The molecule has 2 atom stereocenters. The van der Waals surface area contributed by atoms with Crippen LogP contribution in [0.25, 0.3) is 0 Å². The van der Waals surface area contributed by atoms with Crippen molar-refractivity contribution in [2.45, 2.75) is 38.5 Å². The molecule has 0 nitrogen and oxygen atoms in total. The number of fused-ring (bicyclic) bond motifs is 3. The van der Waals surface area contributed by atoms with Crippen LogP contribution in [0.1, 0.15) is 38.5 Å². The fourth-order valence-corrected chi connectivity index (χ4v) is 3.76. The van der Waals surface area contributed by atoms with Crippen LogP contribution >= 0.6 is 0 Å². The lowest BCUT2D eigenvalue weighted by molar-refractivity contribution is 0.109. The molecule has 0 saturated heterocycles. The lowest BCUT2D eigenvalue weighted by Crippen LogP contribution is -2.36. The van der Waals surface area contributed by atoms with Crippen LogP contribution in [0.2, 0.25) is 0 Å². The maximum absolute atomic E-state index is 4.31. The predicted molar refractivity (Wildman–Crippen MR) is 46.3 cm³/mol. The van der Waals surface area contributed by atoms with Crippen molar-refractivity contribution in [1.82, 2.24) is 0 Å². The van der Waals surface area contributed by atoms with Crippen LogP contribution in [0, 0.1) is 17.3 Å². The van der Waals surface area contributed by atoms with Gasteiger partial charge in [0.05, 0.1) is 0 Å². The average molecular weight is 148 g/mol. The predicted octanol–water partition coefficient (Wildman–Crippen LogP) is 3.14. The highest BCUT2D eigenvalue weighted by Crippen LogP contribution is 2.66. The minimum absolute atomic E-state index is 0.697. The Morgan fingerprint density at radius 3 is 2.45 bits per heavy atom. The van der Waals surface area contributed by atoms with Gasteiger partial charge < -0.3 is 0 Å².